The number of rotatable bonds is 2. The smallest absolute Gasteiger partial charge is 0.330 e. The maximum atomic E-state index is 10.6. The Hall–Kier alpha value is -1.63. The molecule has 2 rings (SSSR count). The number of anilines is 1. The van der Waals surface area contributed by atoms with Crippen molar-refractivity contribution >= 4 is 11.5 Å². The average molecular weight is 226 g/mol. The van der Waals surface area contributed by atoms with Gasteiger partial charge in [0.1, 0.15) is 6.20 Å². The van der Waals surface area contributed by atoms with E-state index in [2.05, 4.69) is 5.10 Å². The SMILES string of the molecule is Nc1c([N+](=O)[O-])cnn1C1CCCOCC1. The highest BCUT2D eigenvalue weighted by Gasteiger charge is 2.23. The molecular formula is C9H14N4O3. The minimum absolute atomic E-state index is 0.108. The maximum Gasteiger partial charge on any atom is 0.330 e. The second-order valence-electron chi connectivity index (χ2n) is 3.81. The molecule has 0 aliphatic carbocycles. The Morgan fingerprint density at radius 3 is 3.06 bits per heavy atom. The van der Waals surface area contributed by atoms with Gasteiger partial charge in [-0.05, 0) is 19.3 Å². The Bertz CT molecular complexity index is 382. The first kappa shape index (κ1) is 10.9. The average Bonchev–Trinajstić information content (AvgIpc) is 2.50. The van der Waals surface area contributed by atoms with Crippen LogP contribution in [0.5, 0.6) is 0 Å². The molecular weight excluding hydrogens is 212 g/mol. The van der Waals surface area contributed by atoms with Gasteiger partial charge >= 0.3 is 5.69 Å². The zero-order valence-electron chi connectivity index (χ0n) is 8.83. The number of ether oxygens (including phenoxy) is 1. The molecule has 16 heavy (non-hydrogen) atoms. The summed E-state index contributed by atoms with van der Waals surface area (Å²) in [5.74, 6) is 0.136. The molecule has 0 spiro atoms. The molecule has 1 aliphatic heterocycles. The third-order valence-electron chi connectivity index (χ3n) is 2.78. The predicted octanol–water partition coefficient (Wildman–Crippen LogP) is 1.12. The van der Waals surface area contributed by atoms with Crippen molar-refractivity contribution in [1.29, 1.82) is 0 Å². The number of nitrogen functional groups attached to an aromatic ring is 1. The third-order valence-corrected chi connectivity index (χ3v) is 2.78. The van der Waals surface area contributed by atoms with E-state index in [0.29, 0.717) is 6.61 Å². The van der Waals surface area contributed by atoms with E-state index >= 15 is 0 Å². The fourth-order valence-corrected chi connectivity index (χ4v) is 1.93. The second kappa shape index (κ2) is 4.48. The summed E-state index contributed by atoms with van der Waals surface area (Å²) in [6.45, 7) is 1.39. The molecule has 1 aliphatic rings. The Morgan fingerprint density at radius 2 is 2.38 bits per heavy atom. The molecule has 1 unspecified atom stereocenters. The lowest BCUT2D eigenvalue weighted by molar-refractivity contribution is -0.384. The molecule has 88 valence electrons. The highest BCUT2D eigenvalue weighted by atomic mass is 16.6. The van der Waals surface area contributed by atoms with Crippen LogP contribution in [0.15, 0.2) is 6.20 Å². The van der Waals surface area contributed by atoms with Gasteiger partial charge in [0.05, 0.1) is 11.0 Å². The van der Waals surface area contributed by atoms with Crippen molar-refractivity contribution in [3.63, 3.8) is 0 Å². The van der Waals surface area contributed by atoms with Gasteiger partial charge in [0.25, 0.3) is 0 Å². The van der Waals surface area contributed by atoms with Crippen LogP contribution in [0.25, 0.3) is 0 Å². The van der Waals surface area contributed by atoms with Crippen molar-refractivity contribution in [2.45, 2.75) is 25.3 Å². The number of nitrogens with zero attached hydrogens (tertiary/aromatic N) is 3. The summed E-state index contributed by atoms with van der Waals surface area (Å²) >= 11 is 0. The Balaban J connectivity index is 2.22. The quantitative estimate of drug-likeness (QED) is 0.602. The van der Waals surface area contributed by atoms with Crippen LogP contribution >= 0.6 is 0 Å². The Morgan fingerprint density at radius 1 is 1.56 bits per heavy atom. The minimum atomic E-state index is -0.508. The Labute approximate surface area is 92.3 Å². The molecule has 1 atom stereocenters. The summed E-state index contributed by atoms with van der Waals surface area (Å²) in [5.41, 5.74) is 5.58. The fourth-order valence-electron chi connectivity index (χ4n) is 1.93. The van der Waals surface area contributed by atoms with Crippen molar-refractivity contribution in [3.05, 3.63) is 16.3 Å². The first-order valence-corrected chi connectivity index (χ1v) is 5.25. The first-order valence-electron chi connectivity index (χ1n) is 5.25. The van der Waals surface area contributed by atoms with Crippen LogP contribution in [-0.4, -0.2) is 27.9 Å². The number of nitrogens with two attached hydrogens (primary N) is 1. The monoisotopic (exact) mass is 226 g/mol. The van der Waals surface area contributed by atoms with Crippen molar-refractivity contribution < 1.29 is 9.66 Å². The van der Waals surface area contributed by atoms with E-state index in [4.69, 9.17) is 10.5 Å². The van der Waals surface area contributed by atoms with Crippen LogP contribution < -0.4 is 5.73 Å². The van der Waals surface area contributed by atoms with Gasteiger partial charge in [-0.15, -0.1) is 0 Å². The molecule has 2 heterocycles. The lowest BCUT2D eigenvalue weighted by Gasteiger charge is -2.14. The van der Waals surface area contributed by atoms with Gasteiger partial charge < -0.3 is 10.5 Å². The van der Waals surface area contributed by atoms with E-state index in [-0.39, 0.29) is 17.5 Å². The van der Waals surface area contributed by atoms with Gasteiger partial charge in [-0.25, -0.2) is 4.68 Å². The molecule has 2 N–H and O–H groups in total. The molecule has 1 aromatic rings. The maximum absolute atomic E-state index is 10.6. The summed E-state index contributed by atoms with van der Waals surface area (Å²) < 4.78 is 6.87. The van der Waals surface area contributed by atoms with Crippen LogP contribution in [0.2, 0.25) is 0 Å². The zero-order valence-corrected chi connectivity index (χ0v) is 8.83. The lowest BCUT2D eigenvalue weighted by atomic mass is 10.1. The van der Waals surface area contributed by atoms with E-state index in [1.807, 2.05) is 0 Å². The number of aromatic nitrogens is 2. The van der Waals surface area contributed by atoms with Crippen LogP contribution in [0.3, 0.4) is 0 Å². The third kappa shape index (κ3) is 1.99. The van der Waals surface area contributed by atoms with Gasteiger partial charge in [0.2, 0.25) is 5.82 Å². The standard InChI is InChI=1S/C9H14N4O3/c10-9-8(13(14)15)6-11-12(9)7-2-1-4-16-5-3-7/h6-7H,1-5,10H2. The lowest BCUT2D eigenvalue weighted by Crippen LogP contribution is -2.14. The second-order valence-corrected chi connectivity index (χ2v) is 3.81. The van der Waals surface area contributed by atoms with Gasteiger partial charge in [-0.2, -0.15) is 5.10 Å². The molecule has 0 aromatic carbocycles. The van der Waals surface area contributed by atoms with Crippen molar-refractivity contribution in [3.8, 4) is 0 Å². The van der Waals surface area contributed by atoms with E-state index in [9.17, 15) is 10.1 Å². The summed E-state index contributed by atoms with van der Waals surface area (Å²) in [4.78, 5) is 10.1. The van der Waals surface area contributed by atoms with Crippen LogP contribution in [0.1, 0.15) is 25.3 Å². The highest BCUT2D eigenvalue weighted by Crippen LogP contribution is 2.28. The van der Waals surface area contributed by atoms with Gasteiger partial charge in [-0.1, -0.05) is 0 Å². The fraction of sp³-hybridized carbons (Fsp3) is 0.667. The van der Waals surface area contributed by atoms with E-state index in [1.54, 1.807) is 4.68 Å². The zero-order chi connectivity index (χ0) is 11.5. The van der Waals surface area contributed by atoms with E-state index < -0.39 is 4.92 Å². The summed E-state index contributed by atoms with van der Waals surface area (Å²) in [7, 11) is 0. The summed E-state index contributed by atoms with van der Waals surface area (Å²) in [5, 5.41) is 14.6. The van der Waals surface area contributed by atoms with Crippen molar-refractivity contribution in [1.82, 2.24) is 9.78 Å². The van der Waals surface area contributed by atoms with Gasteiger partial charge in [0.15, 0.2) is 0 Å². The Kier molecular flexibility index (Phi) is 3.04. The molecule has 0 bridgehead atoms. The summed E-state index contributed by atoms with van der Waals surface area (Å²) in [6, 6.07) is 0.108. The molecule has 0 radical (unpaired) electrons. The summed E-state index contributed by atoms with van der Waals surface area (Å²) in [6.07, 6.45) is 3.82. The largest absolute Gasteiger partial charge is 0.381 e. The van der Waals surface area contributed by atoms with Crippen LogP contribution in [0.4, 0.5) is 11.5 Å². The minimum Gasteiger partial charge on any atom is -0.381 e. The van der Waals surface area contributed by atoms with Crippen molar-refractivity contribution in [2.24, 2.45) is 0 Å². The van der Waals surface area contributed by atoms with E-state index in [1.165, 1.54) is 6.20 Å². The highest BCUT2D eigenvalue weighted by molar-refractivity contribution is 5.51. The first-order chi connectivity index (χ1) is 7.70. The van der Waals surface area contributed by atoms with Gasteiger partial charge in [-0.3, -0.25) is 10.1 Å². The molecule has 0 saturated carbocycles. The van der Waals surface area contributed by atoms with Crippen LogP contribution in [0, 0.1) is 10.1 Å². The normalized spacial score (nSPS) is 21.6. The molecule has 1 saturated heterocycles. The molecule has 0 amide bonds. The van der Waals surface area contributed by atoms with Crippen molar-refractivity contribution in [2.75, 3.05) is 18.9 Å². The topological polar surface area (TPSA) is 96.2 Å². The van der Waals surface area contributed by atoms with Crippen LogP contribution in [-0.2, 0) is 4.74 Å². The number of hydrogen-bond acceptors (Lipinski definition) is 5. The van der Waals surface area contributed by atoms with E-state index in [0.717, 1.165) is 25.9 Å². The van der Waals surface area contributed by atoms with Gasteiger partial charge in [0, 0.05) is 13.2 Å². The molecule has 7 nitrogen and oxygen atoms in total. The number of nitro groups is 1. The number of hydrogen-bond donors (Lipinski definition) is 1. The molecule has 1 aromatic heterocycles. The molecule has 7 heteroatoms. The molecule has 1 fully saturated rings. The predicted molar refractivity (Wildman–Crippen MR) is 57.0 cm³/mol.